The zero-order chi connectivity index (χ0) is 50.9. The molecule has 0 bridgehead atoms. The van der Waals surface area contributed by atoms with Crippen LogP contribution in [0, 0.1) is 0 Å². The van der Waals surface area contributed by atoms with Gasteiger partial charge in [0.15, 0.2) is 0 Å². The van der Waals surface area contributed by atoms with E-state index in [4.69, 9.17) is 0 Å². The van der Waals surface area contributed by atoms with Gasteiger partial charge in [0.25, 0.3) is 0 Å². The van der Waals surface area contributed by atoms with E-state index in [1.54, 1.807) is 0 Å². The molecule has 16 rings (SSSR count). The molecule has 0 unspecified atom stereocenters. The third-order valence-corrected chi connectivity index (χ3v) is 17.4. The molecule has 15 aromatic carbocycles. The molecule has 0 nitrogen and oxygen atoms in total. The van der Waals surface area contributed by atoms with Crippen LogP contribution in [0.1, 0.15) is 25.0 Å². The minimum Gasteiger partial charge on any atom is -0.0616 e. The van der Waals surface area contributed by atoms with E-state index in [0.29, 0.717) is 0 Å². The summed E-state index contributed by atoms with van der Waals surface area (Å²) in [6, 6.07) is 100. The summed E-state index contributed by atoms with van der Waals surface area (Å²) in [6.45, 7) is 4.86. The summed E-state index contributed by atoms with van der Waals surface area (Å²) in [5, 5.41) is 20.2. The van der Waals surface area contributed by atoms with Gasteiger partial charge in [-0.25, -0.2) is 0 Å². The Morgan fingerprint density at radius 2 is 0.416 bits per heavy atom. The Morgan fingerprint density at radius 1 is 0.195 bits per heavy atom. The summed E-state index contributed by atoms with van der Waals surface area (Å²) < 4.78 is 0. The summed E-state index contributed by atoms with van der Waals surface area (Å²) in [5.41, 5.74) is 17.8. The lowest BCUT2D eigenvalue weighted by Crippen LogP contribution is -2.15. The van der Waals surface area contributed by atoms with Gasteiger partial charge in [0.2, 0.25) is 0 Å². The number of benzene rings is 15. The second kappa shape index (κ2) is 16.7. The van der Waals surface area contributed by atoms with Crippen LogP contribution < -0.4 is 0 Å². The fourth-order valence-electron chi connectivity index (χ4n) is 13.9. The lowest BCUT2D eigenvalue weighted by atomic mass is 9.78. The van der Waals surface area contributed by atoms with Gasteiger partial charge in [-0.05, 0) is 188 Å². The summed E-state index contributed by atoms with van der Waals surface area (Å²) in [6.07, 6.45) is 0. The molecular formula is C77H50. The molecule has 1 aliphatic carbocycles. The van der Waals surface area contributed by atoms with Gasteiger partial charge in [-0.1, -0.05) is 257 Å². The van der Waals surface area contributed by atoms with Gasteiger partial charge in [-0.15, -0.1) is 0 Å². The van der Waals surface area contributed by atoms with Crippen LogP contribution in [-0.4, -0.2) is 0 Å². The van der Waals surface area contributed by atoms with E-state index in [1.165, 1.54) is 164 Å². The van der Waals surface area contributed by atoms with Crippen LogP contribution in [0.3, 0.4) is 0 Å². The lowest BCUT2D eigenvalue weighted by Gasteiger charge is -2.24. The average Bonchev–Trinajstić information content (AvgIpc) is 3.78. The van der Waals surface area contributed by atoms with E-state index in [2.05, 4.69) is 281 Å². The Morgan fingerprint density at radius 3 is 0.701 bits per heavy atom. The summed E-state index contributed by atoms with van der Waals surface area (Å²) in [7, 11) is 0. The first-order valence-electron chi connectivity index (χ1n) is 27.1. The smallest absolute Gasteiger partial charge is 0.0159 e. The Hall–Kier alpha value is -9.62. The van der Waals surface area contributed by atoms with Gasteiger partial charge < -0.3 is 0 Å². The number of fused-ring (bicyclic) bond motifs is 11. The molecule has 0 spiro atoms. The van der Waals surface area contributed by atoms with E-state index < -0.39 is 0 Å². The highest BCUT2D eigenvalue weighted by molar-refractivity contribution is 6.30. The Kier molecular flexibility index (Phi) is 9.48. The molecular weight excluding hydrogens is 925 g/mol. The maximum Gasteiger partial charge on any atom is 0.0159 e. The first-order chi connectivity index (χ1) is 38.0. The molecule has 0 heteroatoms. The largest absolute Gasteiger partial charge is 0.0616 e. The fourth-order valence-corrected chi connectivity index (χ4v) is 13.9. The summed E-state index contributed by atoms with van der Waals surface area (Å²) in [5.74, 6) is 0. The molecule has 0 atom stereocenters. The van der Waals surface area contributed by atoms with Crippen LogP contribution in [0.4, 0.5) is 0 Å². The number of rotatable bonds is 5. The Balaban J connectivity index is 0.866. The highest BCUT2D eigenvalue weighted by Crippen LogP contribution is 2.55. The van der Waals surface area contributed by atoms with Crippen LogP contribution >= 0.6 is 0 Å². The molecule has 15 aromatic rings. The van der Waals surface area contributed by atoms with Crippen LogP contribution in [0.15, 0.2) is 267 Å². The molecule has 0 fully saturated rings. The maximum absolute atomic E-state index is 2.52. The van der Waals surface area contributed by atoms with Gasteiger partial charge in [0.1, 0.15) is 0 Å². The molecule has 0 amide bonds. The van der Waals surface area contributed by atoms with E-state index in [1.807, 2.05) is 0 Å². The van der Waals surface area contributed by atoms with Crippen LogP contribution in [-0.2, 0) is 5.41 Å². The zero-order valence-corrected chi connectivity index (χ0v) is 42.9. The van der Waals surface area contributed by atoms with Crippen molar-refractivity contribution in [3.05, 3.63) is 278 Å². The molecule has 0 aliphatic heterocycles. The van der Waals surface area contributed by atoms with Crippen LogP contribution in [0.25, 0.3) is 153 Å². The van der Waals surface area contributed by atoms with Crippen molar-refractivity contribution >= 4 is 86.2 Å². The minimum atomic E-state index is -0.260. The Labute approximate surface area is 447 Å². The fraction of sp³-hybridized carbons (Fsp3) is 0.0390. The van der Waals surface area contributed by atoms with E-state index in [9.17, 15) is 0 Å². The van der Waals surface area contributed by atoms with Crippen molar-refractivity contribution in [1.29, 1.82) is 0 Å². The quantitative estimate of drug-likeness (QED) is 0.151. The highest BCUT2D eigenvalue weighted by Gasteiger charge is 2.37. The van der Waals surface area contributed by atoms with Crippen molar-refractivity contribution < 1.29 is 0 Å². The monoisotopic (exact) mass is 974 g/mol. The standard InChI is InChI=1S/C77H50/c1-77(2)69-45-53(73-59-25-9-7-23-57(59)71(58-24-8-10-26-60(58)73)51-37-35-47-19-3-5-21-49(47)43-51)39-41-55(69)56-42-40-54(46-70(56)77)74-63-29-13-17-33-67(63)76(68-34-18-14-30-64(68)74)75-65-31-15-11-27-61(65)72(62-28-12-16-32-66(62)75)52-38-36-48-20-4-6-22-50(48)44-52/h3-46H,1-2H3. The van der Waals surface area contributed by atoms with Gasteiger partial charge in [-0.3, -0.25) is 0 Å². The van der Waals surface area contributed by atoms with E-state index in [-0.39, 0.29) is 5.41 Å². The minimum absolute atomic E-state index is 0.260. The predicted octanol–water partition coefficient (Wildman–Crippen LogP) is 21.6. The first-order valence-corrected chi connectivity index (χ1v) is 27.1. The third-order valence-electron chi connectivity index (χ3n) is 17.4. The number of hydrogen-bond donors (Lipinski definition) is 0. The second-order valence-corrected chi connectivity index (χ2v) is 21.8. The molecule has 0 aromatic heterocycles. The molecule has 0 N–H and O–H groups in total. The maximum atomic E-state index is 2.52. The molecule has 358 valence electrons. The molecule has 77 heavy (non-hydrogen) atoms. The van der Waals surface area contributed by atoms with Crippen molar-refractivity contribution in [3.63, 3.8) is 0 Å². The van der Waals surface area contributed by atoms with Gasteiger partial charge in [0, 0.05) is 5.41 Å². The van der Waals surface area contributed by atoms with Crippen molar-refractivity contribution in [2.24, 2.45) is 0 Å². The normalized spacial score (nSPS) is 12.9. The molecule has 1 aliphatic rings. The van der Waals surface area contributed by atoms with Gasteiger partial charge in [-0.2, -0.15) is 0 Å². The van der Waals surface area contributed by atoms with E-state index in [0.717, 1.165) is 0 Å². The molecule has 0 saturated heterocycles. The molecule has 0 heterocycles. The lowest BCUT2D eigenvalue weighted by molar-refractivity contribution is 0.661. The number of hydrogen-bond acceptors (Lipinski definition) is 0. The first kappa shape index (κ1) is 43.7. The third kappa shape index (κ3) is 6.46. The zero-order valence-electron chi connectivity index (χ0n) is 42.9. The van der Waals surface area contributed by atoms with Gasteiger partial charge in [0.05, 0.1) is 0 Å². The topological polar surface area (TPSA) is 0 Å². The highest BCUT2D eigenvalue weighted by atomic mass is 14.4. The SMILES string of the molecule is CC1(C)c2cc(-c3c4ccccc4c(-c4ccc5ccccc5c4)c4ccccc34)ccc2-c2ccc(-c3c4ccccc4c(-c4c5ccccc5c(-c5ccc6ccccc6c5)c5ccccc45)c4ccccc34)cc21. The average molecular weight is 975 g/mol. The molecule has 0 saturated carbocycles. The van der Waals surface area contributed by atoms with Gasteiger partial charge >= 0.3 is 0 Å². The van der Waals surface area contributed by atoms with Crippen molar-refractivity contribution in [1.82, 2.24) is 0 Å². The second-order valence-electron chi connectivity index (χ2n) is 21.8. The van der Waals surface area contributed by atoms with E-state index >= 15 is 0 Å². The Bertz CT molecular complexity index is 4840. The summed E-state index contributed by atoms with van der Waals surface area (Å²) >= 11 is 0. The van der Waals surface area contributed by atoms with Crippen molar-refractivity contribution in [2.75, 3.05) is 0 Å². The van der Waals surface area contributed by atoms with Crippen LogP contribution in [0.5, 0.6) is 0 Å². The summed E-state index contributed by atoms with van der Waals surface area (Å²) in [4.78, 5) is 0. The van der Waals surface area contributed by atoms with Crippen LogP contribution in [0.2, 0.25) is 0 Å². The molecule has 0 radical (unpaired) electrons. The van der Waals surface area contributed by atoms with Crippen molar-refractivity contribution in [3.8, 4) is 66.8 Å². The van der Waals surface area contributed by atoms with Crippen molar-refractivity contribution in [2.45, 2.75) is 19.3 Å². The predicted molar refractivity (Wildman–Crippen MR) is 331 cm³/mol.